The zero-order chi connectivity index (χ0) is 30.7. The highest BCUT2D eigenvalue weighted by atomic mass is 16.5. The van der Waals surface area contributed by atoms with Crippen LogP contribution in [0.15, 0.2) is 12.1 Å². The number of methoxy groups -OCH3 is 1. The SMILES string of the molecule is COc1c(C(=O)OCCN(C2CCCCC2)C2CCCCC2)ccc(C(=O)O)c1CCN(C1CCCCC1)C1CCCCC1. The number of carbonyl (C=O) groups excluding carboxylic acids is 1. The number of carbonyl (C=O) groups is 2. The van der Waals surface area contributed by atoms with Crippen molar-refractivity contribution in [2.24, 2.45) is 0 Å². The fraction of sp³-hybridized carbons (Fsp3) is 0.784. The Bertz CT molecular complexity index is 1020. The molecule has 4 saturated carbocycles. The molecule has 1 aromatic carbocycles. The summed E-state index contributed by atoms with van der Waals surface area (Å²) in [6.45, 7) is 1.91. The Morgan fingerprint density at radius 2 is 1.07 bits per heavy atom. The van der Waals surface area contributed by atoms with Crippen molar-refractivity contribution in [3.05, 3.63) is 28.8 Å². The lowest BCUT2D eigenvalue weighted by Crippen LogP contribution is -2.46. The normalized spacial score (nSPS) is 21.5. The molecule has 0 atom stereocenters. The zero-order valence-electron chi connectivity index (χ0n) is 27.4. The molecule has 7 heteroatoms. The van der Waals surface area contributed by atoms with Crippen LogP contribution in [0.2, 0.25) is 0 Å². The molecule has 5 rings (SSSR count). The summed E-state index contributed by atoms with van der Waals surface area (Å²) in [5.41, 5.74) is 1.19. The first-order valence-electron chi connectivity index (χ1n) is 18.2. The van der Waals surface area contributed by atoms with Crippen molar-refractivity contribution in [3.8, 4) is 5.75 Å². The Kier molecular flexibility index (Phi) is 12.8. The Labute approximate surface area is 266 Å². The van der Waals surface area contributed by atoms with Gasteiger partial charge in [-0.3, -0.25) is 9.80 Å². The molecule has 1 aromatic rings. The van der Waals surface area contributed by atoms with Gasteiger partial charge in [0.05, 0.1) is 12.7 Å². The van der Waals surface area contributed by atoms with Crippen molar-refractivity contribution >= 4 is 11.9 Å². The lowest BCUT2D eigenvalue weighted by Gasteiger charge is -2.42. The smallest absolute Gasteiger partial charge is 0.341 e. The van der Waals surface area contributed by atoms with Crippen molar-refractivity contribution in [1.82, 2.24) is 9.80 Å². The molecule has 4 aliphatic carbocycles. The van der Waals surface area contributed by atoms with E-state index in [0.717, 1.165) is 13.1 Å². The van der Waals surface area contributed by atoms with Crippen LogP contribution in [-0.4, -0.2) is 77.8 Å². The third-order valence-electron chi connectivity index (χ3n) is 11.3. The van der Waals surface area contributed by atoms with Gasteiger partial charge in [-0.2, -0.15) is 0 Å². The number of aromatic carboxylic acids is 1. The van der Waals surface area contributed by atoms with E-state index in [1.165, 1.54) is 128 Å². The Hall–Kier alpha value is -2.12. The number of hydrogen-bond donors (Lipinski definition) is 1. The summed E-state index contributed by atoms with van der Waals surface area (Å²) in [6, 6.07) is 5.49. The fourth-order valence-corrected chi connectivity index (χ4v) is 9.01. The number of esters is 1. The average Bonchev–Trinajstić information content (AvgIpc) is 3.08. The number of benzene rings is 1. The first kappa shape index (κ1) is 33.2. The topological polar surface area (TPSA) is 79.3 Å². The zero-order valence-corrected chi connectivity index (χ0v) is 27.4. The van der Waals surface area contributed by atoms with Gasteiger partial charge in [-0.05, 0) is 69.9 Å². The van der Waals surface area contributed by atoms with Gasteiger partial charge in [-0.15, -0.1) is 0 Å². The van der Waals surface area contributed by atoms with Gasteiger partial charge in [-0.1, -0.05) is 77.0 Å². The minimum atomic E-state index is -0.976. The Morgan fingerprint density at radius 1 is 0.659 bits per heavy atom. The van der Waals surface area contributed by atoms with Gasteiger partial charge in [0.2, 0.25) is 0 Å². The molecule has 0 amide bonds. The summed E-state index contributed by atoms with van der Waals surface area (Å²) >= 11 is 0. The molecular weight excluding hydrogens is 552 g/mol. The molecule has 0 spiro atoms. The first-order valence-corrected chi connectivity index (χ1v) is 18.2. The molecule has 0 bridgehead atoms. The van der Waals surface area contributed by atoms with Crippen molar-refractivity contribution in [2.75, 3.05) is 26.8 Å². The van der Waals surface area contributed by atoms with Crippen LogP contribution >= 0.6 is 0 Å². The van der Waals surface area contributed by atoms with E-state index in [4.69, 9.17) is 9.47 Å². The lowest BCUT2D eigenvalue weighted by molar-refractivity contribution is 0.0288. The number of ether oxygens (including phenoxy) is 2. The second-order valence-electron chi connectivity index (χ2n) is 14.0. The van der Waals surface area contributed by atoms with Crippen LogP contribution in [-0.2, 0) is 11.2 Å². The molecule has 1 N–H and O–H groups in total. The summed E-state index contributed by atoms with van der Waals surface area (Å²) in [4.78, 5) is 31.3. The Morgan fingerprint density at radius 3 is 1.48 bits per heavy atom. The number of nitrogens with zero attached hydrogens (tertiary/aromatic N) is 2. The van der Waals surface area contributed by atoms with E-state index in [-0.39, 0.29) is 5.56 Å². The molecule has 0 aromatic heterocycles. The van der Waals surface area contributed by atoms with Crippen molar-refractivity contribution in [2.45, 2.75) is 159 Å². The number of carboxylic acids is 1. The molecule has 246 valence electrons. The van der Waals surface area contributed by atoms with Gasteiger partial charge >= 0.3 is 11.9 Å². The highest BCUT2D eigenvalue weighted by molar-refractivity contribution is 5.97. The van der Waals surface area contributed by atoms with Crippen LogP contribution in [0.1, 0.15) is 155 Å². The molecule has 4 aliphatic rings. The lowest BCUT2D eigenvalue weighted by atomic mass is 9.88. The monoisotopic (exact) mass is 610 g/mol. The molecule has 0 heterocycles. The summed E-state index contributed by atoms with van der Waals surface area (Å²) < 4.78 is 11.8. The van der Waals surface area contributed by atoms with E-state index in [2.05, 4.69) is 9.80 Å². The quantitative estimate of drug-likeness (QED) is 0.227. The van der Waals surface area contributed by atoms with Gasteiger partial charge < -0.3 is 14.6 Å². The van der Waals surface area contributed by atoms with E-state index in [9.17, 15) is 14.7 Å². The molecule has 0 saturated heterocycles. The molecule has 4 fully saturated rings. The van der Waals surface area contributed by atoms with Crippen LogP contribution < -0.4 is 4.74 Å². The maximum Gasteiger partial charge on any atom is 0.341 e. The van der Waals surface area contributed by atoms with Crippen molar-refractivity contribution in [3.63, 3.8) is 0 Å². The van der Waals surface area contributed by atoms with E-state index >= 15 is 0 Å². The van der Waals surface area contributed by atoms with E-state index < -0.39 is 11.9 Å². The van der Waals surface area contributed by atoms with Crippen LogP contribution in [0.3, 0.4) is 0 Å². The van der Waals surface area contributed by atoms with Crippen LogP contribution in [0.5, 0.6) is 5.75 Å². The van der Waals surface area contributed by atoms with E-state index in [1.54, 1.807) is 19.2 Å². The summed E-state index contributed by atoms with van der Waals surface area (Å²) in [6.07, 6.45) is 26.0. The second kappa shape index (κ2) is 17.0. The van der Waals surface area contributed by atoms with Crippen molar-refractivity contribution < 1.29 is 24.2 Å². The number of carboxylic acid groups (broad SMARTS) is 1. The third kappa shape index (κ3) is 8.57. The van der Waals surface area contributed by atoms with Crippen LogP contribution in [0.4, 0.5) is 0 Å². The minimum Gasteiger partial charge on any atom is -0.496 e. The minimum absolute atomic E-state index is 0.228. The maximum atomic E-state index is 13.5. The summed E-state index contributed by atoms with van der Waals surface area (Å²) in [7, 11) is 1.55. The predicted molar refractivity (Wildman–Crippen MR) is 175 cm³/mol. The highest BCUT2D eigenvalue weighted by Crippen LogP contribution is 2.34. The predicted octanol–water partition coefficient (Wildman–Crippen LogP) is 8.03. The molecular formula is C37H58N2O5. The molecule has 0 aliphatic heterocycles. The second-order valence-corrected chi connectivity index (χ2v) is 14.0. The average molecular weight is 611 g/mol. The number of rotatable bonds is 13. The van der Waals surface area contributed by atoms with Crippen molar-refractivity contribution in [1.29, 1.82) is 0 Å². The largest absolute Gasteiger partial charge is 0.496 e. The standard InChI is InChI=1S/C37H58N2O5/c1-43-35-32(24-25-38(28-14-6-2-7-15-28)29-16-8-3-9-17-29)33(36(40)41)22-23-34(35)37(42)44-27-26-39(30-18-10-4-11-19-30)31-20-12-5-13-21-31/h22-23,28-31H,2-21,24-27H2,1H3,(H,40,41). The van der Waals surface area contributed by atoms with Gasteiger partial charge in [0.15, 0.2) is 0 Å². The first-order chi connectivity index (χ1) is 21.6. The van der Waals surface area contributed by atoms with Crippen LogP contribution in [0.25, 0.3) is 0 Å². The highest BCUT2D eigenvalue weighted by Gasteiger charge is 2.32. The van der Waals surface area contributed by atoms with E-state index in [1.807, 2.05) is 0 Å². The van der Waals surface area contributed by atoms with Gasteiger partial charge in [0.25, 0.3) is 0 Å². The Balaban J connectivity index is 1.29. The molecule has 7 nitrogen and oxygen atoms in total. The van der Waals surface area contributed by atoms with E-state index in [0.29, 0.717) is 54.1 Å². The molecule has 44 heavy (non-hydrogen) atoms. The maximum absolute atomic E-state index is 13.5. The van der Waals surface area contributed by atoms with Gasteiger partial charge in [-0.25, -0.2) is 9.59 Å². The number of hydrogen-bond acceptors (Lipinski definition) is 6. The van der Waals surface area contributed by atoms with Gasteiger partial charge in [0, 0.05) is 42.8 Å². The molecule has 0 radical (unpaired) electrons. The summed E-state index contributed by atoms with van der Waals surface area (Å²) in [5, 5.41) is 10.1. The molecule has 0 unspecified atom stereocenters. The third-order valence-corrected chi connectivity index (χ3v) is 11.3. The fourth-order valence-electron chi connectivity index (χ4n) is 9.01. The summed E-state index contributed by atoms with van der Waals surface area (Å²) in [5.74, 6) is -1.02. The van der Waals surface area contributed by atoms with Gasteiger partial charge in [0.1, 0.15) is 17.9 Å². The van der Waals surface area contributed by atoms with Crippen LogP contribution in [0, 0.1) is 0 Å².